The zero-order valence-electron chi connectivity index (χ0n) is 23.3. The number of aldehydes is 1. The van der Waals surface area contributed by atoms with Gasteiger partial charge in [-0.1, -0.05) is 101 Å². The quantitative estimate of drug-likeness (QED) is 0.0603. The number of Topliss-reactive ketones (excluding diaryl/α,β-unsaturated/α-hetero) is 1. The van der Waals surface area contributed by atoms with E-state index >= 15 is 0 Å². The Morgan fingerprint density at radius 2 is 1.32 bits per heavy atom. The van der Waals surface area contributed by atoms with Crippen LogP contribution < -0.4 is 5.32 Å². The summed E-state index contributed by atoms with van der Waals surface area (Å²) in [5.41, 5.74) is 2.69. The van der Waals surface area contributed by atoms with E-state index in [0.717, 1.165) is 41.9 Å². The Labute approximate surface area is 236 Å². The topological polar surface area (TPSA) is 46.2 Å². The molecule has 0 fully saturated rings. The van der Waals surface area contributed by atoms with Gasteiger partial charge in [-0.3, -0.25) is 4.79 Å². The Kier molecular flexibility index (Phi) is 17.0. The molecular formula is C34H46ClNO2. The molecule has 1 N–H and O–H groups in total. The van der Waals surface area contributed by atoms with Crippen LogP contribution in [0.3, 0.4) is 0 Å². The molecule has 3 nitrogen and oxygen atoms in total. The highest BCUT2D eigenvalue weighted by atomic mass is 35.5. The lowest BCUT2D eigenvalue weighted by Crippen LogP contribution is -2.15. The van der Waals surface area contributed by atoms with Crippen molar-refractivity contribution in [3.05, 3.63) is 64.7 Å². The number of anilines is 1. The molecule has 2 rings (SSSR count). The molecule has 0 aromatic heterocycles. The fourth-order valence-electron chi connectivity index (χ4n) is 4.52. The largest absolute Gasteiger partial charge is 0.385 e. The minimum atomic E-state index is -0.526. The second-order valence-electron chi connectivity index (χ2n) is 10.2. The van der Waals surface area contributed by atoms with Crippen molar-refractivity contribution in [2.24, 2.45) is 5.92 Å². The molecule has 0 amide bonds. The highest BCUT2D eigenvalue weighted by Crippen LogP contribution is 2.16. The van der Waals surface area contributed by atoms with Gasteiger partial charge in [-0.15, -0.1) is 0 Å². The summed E-state index contributed by atoms with van der Waals surface area (Å²) in [7, 11) is 0. The van der Waals surface area contributed by atoms with Crippen LogP contribution in [0.2, 0.25) is 5.02 Å². The van der Waals surface area contributed by atoms with Crippen molar-refractivity contribution in [2.45, 2.75) is 103 Å². The lowest BCUT2D eigenvalue weighted by atomic mass is 9.96. The molecule has 0 spiro atoms. The van der Waals surface area contributed by atoms with E-state index in [2.05, 4.69) is 17.2 Å². The molecule has 1 atom stereocenters. The van der Waals surface area contributed by atoms with E-state index in [1.165, 1.54) is 77.0 Å². The van der Waals surface area contributed by atoms with E-state index in [-0.39, 0.29) is 5.78 Å². The Morgan fingerprint density at radius 1 is 0.789 bits per heavy atom. The number of carbonyl (C=O) groups is 2. The van der Waals surface area contributed by atoms with Crippen molar-refractivity contribution in [2.75, 3.05) is 11.9 Å². The van der Waals surface area contributed by atoms with E-state index in [0.29, 0.717) is 12.0 Å². The van der Waals surface area contributed by atoms with Gasteiger partial charge in [-0.05, 0) is 67.8 Å². The summed E-state index contributed by atoms with van der Waals surface area (Å²) < 4.78 is 0. The molecule has 206 valence electrons. The lowest BCUT2D eigenvalue weighted by Gasteiger charge is -2.09. The molecule has 0 aliphatic carbocycles. The van der Waals surface area contributed by atoms with Crippen molar-refractivity contribution in [1.29, 1.82) is 0 Å². The number of hydrogen-bond donors (Lipinski definition) is 1. The van der Waals surface area contributed by atoms with Crippen LogP contribution >= 0.6 is 11.6 Å². The minimum Gasteiger partial charge on any atom is -0.385 e. The van der Waals surface area contributed by atoms with Gasteiger partial charge in [0.05, 0.1) is 5.92 Å². The van der Waals surface area contributed by atoms with Gasteiger partial charge in [0.15, 0.2) is 5.78 Å². The van der Waals surface area contributed by atoms with Crippen molar-refractivity contribution < 1.29 is 9.59 Å². The molecule has 0 saturated heterocycles. The number of halogens is 1. The lowest BCUT2D eigenvalue weighted by molar-refractivity contribution is -0.110. The third-order valence-corrected chi connectivity index (χ3v) is 7.25. The predicted molar refractivity (Wildman–Crippen MR) is 162 cm³/mol. The molecule has 0 saturated carbocycles. The fourth-order valence-corrected chi connectivity index (χ4v) is 4.65. The molecule has 0 aliphatic rings. The summed E-state index contributed by atoms with van der Waals surface area (Å²) >= 11 is 5.89. The highest BCUT2D eigenvalue weighted by Gasteiger charge is 2.16. The zero-order chi connectivity index (χ0) is 27.3. The van der Waals surface area contributed by atoms with Gasteiger partial charge in [0, 0.05) is 34.8 Å². The summed E-state index contributed by atoms with van der Waals surface area (Å²) in [6.07, 6.45) is 19.4. The van der Waals surface area contributed by atoms with Gasteiger partial charge in [-0.25, -0.2) is 0 Å². The van der Waals surface area contributed by atoms with Gasteiger partial charge in [0.2, 0.25) is 0 Å². The van der Waals surface area contributed by atoms with Crippen molar-refractivity contribution in [3.8, 4) is 11.8 Å². The fraction of sp³-hybridized carbons (Fsp3) is 0.529. The maximum absolute atomic E-state index is 12.2. The smallest absolute Gasteiger partial charge is 0.173 e. The third-order valence-electron chi connectivity index (χ3n) is 6.99. The van der Waals surface area contributed by atoms with E-state index in [9.17, 15) is 9.59 Å². The summed E-state index contributed by atoms with van der Waals surface area (Å²) in [5, 5.41) is 4.19. The minimum absolute atomic E-state index is 0.0855. The highest BCUT2D eigenvalue weighted by molar-refractivity contribution is 6.30. The van der Waals surface area contributed by atoms with Crippen LogP contribution in [0.4, 0.5) is 5.69 Å². The van der Waals surface area contributed by atoms with Gasteiger partial charge < -0.3 is 10.1 Å². The molecule has 4 heteroatoms. The monoisotopic (exact) mass is 535 g/mol. The van der Waals surface area contributed by atoms with Crippen molar-refractivity contribution in [1.82, 2.24) is 0 Å². The van der Waals surface area contributed by atoms with Gasteiger partial charge >= 0.3 is 0 Å². The third kappa shape index (κ3) is 13.8. The Morgan fingerprint density at radius 3 is 1.84 bits per heavy atom. The number of rotatable bonds is 20. The van der Waals surface area contributed by atoms with E-state index in [1.807, 2.05) is 55.5 Å². The number of hydrogen-bond acceptors (Lipinski definition) is 3. The number of nitrogens with one attached hydrogen (secondary N) is 1. The first-order valence-electron chi connectivity index (χ1n) is 14.7. The average Bonchev–Trinajstić information content (AvgIpc) is 2.94. The maximum Gasteiger partial charge on any atom is 0.173 e. The van der Waals surface area contributed by atoms with Crippen LogP contribution in [-0.2, 0) is 4.79 Å². The van der Waals surface area contributed by atoms with Crippen LogP contribution in [0.25, 0.3) is 0 Å². The number of benzene rings is 2. The summed E-state index contributed by atoms with van der Waals surface area (Å²) in [6.45, 7) is 2.81. The average molecular weight is 536 g/mol. The Balaban J connectivity index is 1.34. The first-order valence-corrected chi connectivity index (χ1v) is 15.1. The maximum atomic E-state index is 12.2. The molecule has 38 heavy (non-hydrogen) atoms. The summed E-state index contributed by atoms with van der Waals surface area (Å²) in [4.78, 5) is 23.2. The van der Waals surface area contributed by atoms with E-state index in [4.69, 9.17) is 11.6 Å². The number of ketones is 1. The van der Waals surface area contributed by atoms with Crippen LogP contribution in [0.15, 0.2) is 48.5 Å². The molecular weight excluding hydrogens is 490 g/mol. The second kappa shape index (κ2) is 20.4. The van der Waals surface area contributed by atoms with Gasteiger partial charge in [-0.2, -0.15) is 0 Å². The van der Waals surface area contributed by atoms with Crippen LogP contribution in [-0.4, -0.2) is 18.6 Å². The SMILES string of the molecule is CCC(C=O)C(=O)c1ccc(NCCCCCCCCCCCCCCCC#Cc2ccc(Cl)cc2)cc1. The molecule has 0 aliphatic heterocycles. The Hall–Kier alpha value is -2.57. The van der Waals surface area contributed by atoms with E-state index < -0.39 is 5.92 Å². The van der Waals surface area contributed by atoms with Gasteiger partial charge in [0.25, 0.3) is 0 Å². The van der Waals surface area contributed by atoms with Crippen LogP contribution in [0.5, 0.6) is 0 Å². The standard InChI is InChI=1S/C34H46ClNO2/c1-2-30(28-37)34(38)31-21-25-33(26-22-31)36-27-17-15-13-11-9-7-5-3-4-6-8-10-12-14-16-18-29-19-23-32(35)24-20-29/h19-26,28,30,36H,2-15,17,27H2,1H3. The zero-order valence-corrected chi connectivity index (χ0v) is 24.0. The first-order chi connectivity index (χ1) is 18.6. The molecule has 0 radical (unpaired) electrons. The predicted octanol–water partition coefficient (Wildman–Crippen LogP) is 9.67. The molecule has 0 heterocycles. The second-order valence-corrected chi connectivity index (χ2v) is 10.6. The first kappa shape index (κ1) is 31.6. The van der Waals surface area contributed by atoms with E-state index in [1.54, 1.807) is 0 Å². The summed E-state index contributed by atoms with van der Waals surface area (Å²) in [5.74, 6) is 5.87. The number of carbonyl (C=O) groups excluding carboxylic acids is 2. The van der Waals surface area contributed by atoms with Crippen LogP contribution in [0, 0.1) is 17.8 Å². The normalized spacial score (nSPS) is 11.4. The van der Waals surface area contributed by atoms with Crippen molar-refractivity contribution in [3.63, 3.8) is 0 Å². The van der Waals surface area contributed by atoms with Crippen molar-refractivity contribution >= 4 is 29.4 Å². The number of unbranched alkanes of at least 4 members (excludes halogenated alkanes) is 13. The van der Waals surface area contributed by atoms with Gasteiger partial charge in [0.1, 0.15) is 6.29 Å². The van der Waals surface area contributed by atoms with Crippen LogP contribution in [0.1, 0.15) is 119 Å². The Bertz CT molecular complexity index is 972. The molecule has 1 unspecified atom stereocenters. The molecule has 2 aromatic rings. The summed E-state index contributed by atoms with van der Waals surface area (Å²) in [6, 6.07) is 15.2. The molecule has 2 aromatic carbocycles. The molecule has 0 bridgehead atoms.